The van der Waals surface area contributed by atoms with Gasteiger partial charge >= 0.3 is 0 Å². The molecule has 0 saturated carbocycles. The lowest BCUT2D eigenvalue weighted by atomic mass is 9.86. The standard InChI is InChI=1S/C34H47F2N5O5S/c1-23(25-7-6-8-27(19-25)34(35,36)26-10-14-37-15-11-26)40-31-30-20-29(24-12-17-47(44,45)18-13-24)33(43)41(32(30)39-22-38-31)16-5-3-4-9-28(21-42)46-2/h6-8,19-24,26,28,37,44-45H,3-5,9-18H2,1-2H3,(H,38,39,40)/t23-,28?/m1/s1. The molecule has 0 bridgehead atoms. The van der Waals surface area contributed by atoms with E-state index in [1.165, 1.54) is 19.5 Å². The summed E-state index contributed by atoms with van der Waals surface area (Å²) in [5, 5.41) is 7.20. The van der Waals surface area contributed by atoms with Crippen LogP contribution in [-0.2, 0) is 22.0 Å². The zero-order valence-corrected chi connectivity index (χ0v) is 28.0. The average Bonchev–Trinajstić information content (AvgIpc) is 3.08. The number of alkyl halides is 2. The fourth-order valence-corrected chi connectivity index (χ4v) is 8.32. The lowest BCUT2D eigenvalue weighted by molar-refractivity contribution is -0.116. The van der Waals surface area contributed by atoms with E-state index in [1.54, 1.807) is 16.7 Å². The Morgan fingerprint density at radius 1 is 1.13 bits per heavy atom. The van der Waals surface area contributed by atoms with E-state index < -0.39 is 28.5 Å². The van der Waals surface area contributed by atoms with Crippen LogP contribution < -0.4 is 16.2 Å². The molecule has 0 amide bonds. The molecule has 2 fully saturated rings. The molecule has 3 aromatic rings. The topological polar surface area (TPSA) is 139 Å². The molecule has 2 atom stereocenters. The SMILES string of the molecule is COC(C=O)CCCCCn1c(=O)c(C2CCS(O)(O)CC2)cc2c(N[C@H](C)c3cccc(C(F)(F)C4CCNCC4)c3)ncnc21. The highest BCUT2D eigenvalue weighted by molar-refractivity contribution is 8.24. The minimum atomic E-state index is -2.94. The van der Waals surface area contributed by atoms with Crippen molar-refractivity contribution in [1.82, 2.24) is 19.9 Å². The summed E-state index contributed by atoms with van der Waals surface area (Å²) < 4.78 is 58.3. The van der Waals surface area contributed by atoms with Crippen molar-refractivity contribution in [2.24, 2.45) is 5.92 Å². The first kappa shape index (κ1) is 35.3. The van der Waals surface area contributed by atoms with Crippen LogP contribution >= 0.6 is 10.6 Å². The number of hydrogen-bond donors (Lipinski definition) is 4. The summed E-state index contributed by atoms with van der Waals surface area (Å²) in [5.41, 5.74) is 1.60. The number of fused-ring (bicyclic) bond motifs is 1. The van der Waals surface area contributed by atoms with Gasteiger partial charge in [-0.2, -0.15) is 10.6 Å². The molecule has 0 spiro atoms. The van der Waals surface area contributed by atoms with Crippen molar-refractivity contribution in [3.8, 4) is 0 Å². The van der Waals surface area contributed by atoms with Crippen LogP contribution in [0.5, 0.6) is 0 Å². The predicted octanol–water partition coefficient (Wildman–Crippen LogP) is 6.46. The predicted molar refractivity (Wildman–Crippen MR) is 182 cm³/mol. The van der Waals surface area contributed by atoms with Gasteiger partial charge in [0.1, 0.15) is 30.2 Å². The van der Waals surface area contributed by atoms with E-state index in [2.05, 4.69) is 20.6 Å². The third-order valence-electron chi connectivity index (χ3n) is 9.74. The molecule has 10 nitrogen and oxygen atoms in total. The molecule has 0 radical (unpaired) electrons. The number of hydrogen-bond acceptors (Lipinski definition) is 9. The van der Waals surface area contributed by atoms with E-state index in [0.29, 0.717) is 86.1 Å². The van der Waals surface area contributed by atoms with E-state index in [-0.39, 0.29) is 34.6 Å². The Kier molecular flexibility index (Phi) is 11.7. The maximum atomic E-state index is 15.5. The van der Waals surface area contributed by atoms with Crippen molar-refractivity contribution >= 4 is 33.7 Å². The number of pyridine rings is 1. The fourth-order valence-electron chi connectivity index (χ4n) is 6.80. The molecular weight excluding hydrogens is 628 g/mol. The largest absolute Gasteiger partial charge is 0.374 e. The van der Waals surface area contributed by atoms with Gasteiger partial charge in [-0.25, -0.2) is 18.7 Å². The van der Waals surface area contributed by atoms with Gasteiger partial charge in [0.15, 0.2) is 0 Å². The van der Waals surface area contributed by atoms with Crippen LogP contribution in [0.1, 0.15) is 86.9 Å². The number of nitrogens with zero attached hydrogens (tertiary/aromatic N) is 3. The second-order valence-electron chi connectivity index (χ2n) is 12.9. The van der Waals surface area contributed by atoms with Gasteiger partial charge in [-0.15, -0.1) is 0 Å². The van der Waals surface area contributed by atoms with Crippen molar-refractivity contribution < 1.29 is 27.4 Å². The number of aryl methyl sites for hydroxylation is 1. The van der Waals surface area contributed by atoms with Gasteiger partial charge in [0.2, 0.25) is 0 Å². The Bertz CT molecular complexity index is 1570. The van der Waals surface area contributed by atoms with E-state index >= 15 is 8.78 Å². The summed E-state index contributed by atoms with van der Waals surface area (Å²) in [6, 6.07) is 8.00. The molecule has 47 heavy (non-hydrogen) atoms. The van der Waals surface area contributed by atoms with Crippen molar-refractivity contribution in [2.75, 3.05) is 37.0 Å². The molecule has 2 aliphatic heterocycles. The number of ether oxygens (including phenoxy) is 1. The first-order valence-corrected chi connectivity index (χ1v) is 18.5. The number of piperidine rings is 1. The third kappa shape index (κ3) is 8.37. The Morgan fingerprint density at radius 3 is 2.57 bits per heavy atom. The molecule has 258 valence electrons. The molecule has 13 heteroatoms. The monoisotopic (exact) mass is 675 g/mol. The zero-order valence-electron chi connectivity index (χ0n) is 27.2. The molecular formula is C34H47F2N5O5S. The van der Waals surface area contributed by atoms with Gasteiger partial charge in [0.25, 0.3) is 11.5 Å². The van der Waals surface area contributed by atoms with Crippen molar-refractivity contribution in [2.45, 2.75) is 88.8 Å². The van der Waals surface area contributed by atoms with Crippen molar-refractivity contribution in [3.05, 3.63) is 63.7 Å². The number of benzene rings is 1. The quantitative estimate of drug-likeness (QED) is 0.112. The van der Waals surface area contributed by atoms with Crippen LogP contribution in [0.25, 0.3) is 11.0 Å². The van der Waals surface area contributed by atoms with Crippen molar-refractivity contribution in [1.29, 1.82) is 0 Å². The van der Waals surface area contributed by atoms with Gasteiger partial charge in [-0.05, 0) is 82.2 Å². The highest BCUT2D eigenvalue weighted by Crippen LogP contribution is 2.48. The van der Waals surface area contributed by atoms with Crippen LogP contribution in [0.3, 0.4) is 0 Å². The summed E-state index contributed by atoms with van der Waals surface area (Å²) in [7, 11) is -1.13. The molecule has 0 aliphatic carbocycles. The van der Waals surface area contributed by atoms with E-state index in [1.807, 2.05) is 19.1 Å². The molecule has 2 aliphatic rings. The Morgan fingerprint density at radius 2 is 1.87 bits per heavy atom. The number of unbranched alkanes of at least 4 members (excludes halogenated alkanes) is 2. The van der Waals surface area contributed by atoms with E-state index in [0.717, 1.165) is 19.1 Å². The first-order valence-electron chi connectivity index (χ1n) is 16.6. The fraction of sp³-hybridized carbons (Fsp3) is 0.588. The molecule has 2 aromatic heterocycles. The average molecular weight is 676 g/mol. The van der Waals surface area contributed by atoms with Crippen LogP contribution in [-0.4, -0.2) is 67.7 Å². The third-order valence-corrected chi connectivity index (χ3v) is 11.5. The summed E-state index contributed by atoms with van der Waals surface area (Å²) in [6.45, 7) is 3.47. The second kappa shape index (κ2) is 15.5. The van der Waals surface area contributed by atoms with Gasteiger partial charge in [-0.1, -0.05) is 31.0 Å². The van der Waals surface area contributed by atoms with Crippen LogP contribution in [0, 0.1) is 5.92 Å². The minimum Gasteiger partial charge on any atom is -0.374 e. The maximum absolute atomic E-state index is 15.5. The second-order valence-corrected chi connectivity index (χ2v) is 15.3. The summed E-state index contributed by atoms with van der Waals surface area (Å²) in [6.07, 6.45) is 6.39. The highest BCUT2D eigenvalue weighted by Gasteiger charge is 2.41. The molecule has 1 unspecified atom stereocenters. The Hall–Kier alpha value is -2.97. The molecule has 4 N–H and O–H groups in total. The number of halogens is 2. The normalized spacial score (nSPS) is 19.7. The number of anilines is 1. The Balaban J connectivity index is 1.43. The number of nitrogens with one attached hydrogen (secondary N) is 2. The lowest BCUT2D eigenvalue weighted by Crippen LogP contribution is -2.36. The van der Waals surface area contributed by atoms with Crippen molar-refractivity contribution in [3.63, 3.8) is 0 Å². The number of aldehydes is 1. The summed E-state index contributed by atoms with van der Waals surface area (Å²) >= 11 is 0. The van der Waals surface area contributed by atoms with E-state index in [4.69, 9.17) is 4.74 Å². The maximum Gasteiger partial charge on any atom is 0.276 e. The lowest BCUT2D eigenvalue weighted by Gasteiger charge is -2.39. The molecule has 1 aromatic carbocycles. The van der Waals surface area contributed by atoms with E-state index in [9.17, 15) is 18.7 Å². The van der Waals surface area contributed by atoms with Crippen LogP contribution in [0.15, 0.2) is 41.5 Å². The number of rotatable bonds is 14. The summed E-state index contributed by atoms with van der Waals surface area (Å²) in [5.74, 6) is -2.81. The van der Waals surface area contributed by atoms with Gasteiger partial charge in [-0.3, -0.25) is 18.5 Å². The van der Waals surface area contributed by atoms with Gasteiger partial charge in [0.05, 0.1) is 5.39 Å². The number of aromatic nitrogens is 3. The summed E-state index contributed by atoms with van der Waals surface area (Å²) in [4.78, 5) is 34.1. The smallest absolute Gasteiger partial charge is 0.276 e. The molecule has 4 heterocycles. The number of carbonyl (C=O) groups excluding carboxylic acids is 1. The van der Waals surface area contributed by atoms with Gasteiger partial charge in [0, 0.05) is 48.2 Å². The first-order chi connectivity index (χ1) is 22.5. The number of carbonyl (C=O) groups is 1. The van der Waals surface area contributed by atoms with Gasteiger partial charge < -0.3 is 20.2 Å². The zero-order chi connectivity index (χ0) is 33.6. The Labute approximate surface area is 276 Å². The van der Waals surface area contributed by atoms with Crippen LogP contribution in [0.2, 0.25) is 0 Å². The number of methoxy groups -OCH3 is 1. The van der Waals surface area contributed by atoms with Crippen LogP contribution in [0.4, 0.5) is 14.6 Å². The minimum absolute atomic E-state index is 0.00690. The highest BCUT2D eigenvalue weighted by atomic mass is 32.3. The molecule has 5 rings (SSSR count). The molecule has 2 saturated heterocycles.